The Kier molecular flexibility index (Phi) is 4.84. The van der Waals surface area contributed by atoms with Crippen LogP contribution in [0.1, 0.15) is 16.4 Å². The molecule has 4 nitrogen and oxygen atoms in total. The minimum absolute atomic E-state index is 0.213. The summed E-state index contributed by atoms with van der Waals surface area (Å²) in [5.74, 6) is 0.0835. The summed E-state index contributed by atoms with van der Waals surface area (Å²) in [4.78, 5) is 15.8. The molecule has 0 saturated carbocycles. The maximum atomic E-state index is 11.5. The summed E-state index contributed by atoms with van der Waals surface area (Å²) in [6, 6.07) is 20.7. The van der Waals surface area contributed by atoms with E-state index in [9.17, 15) is 4.79 Å². The van der Waals surface area contributed by atoms with Crippen molar-refractivity contribution < 1.29 is 13.9 Å². The van der Waals surface area contributed by atoms with Crippen molar-refractivity contribution in [3.05, 3.63) is 78.5 Å². The molecule has 116 valence electrons. The van der Waals surface area contributed by atoms with Crippen molar-refractivity contribution in [3.8, 4) is 0 Å². The molecule has 3 aromatic rings. The van der Waals surface area contributed by atoms with E-state index in [1.807, 2.05) is 36.4 Å². The summed E-state index contributed by atoms with van der Waals surface area (Å²) >= 11 is 0. The first-order chi connectivity index (χ1) is 11.3. The van der Waals surface area contributed by atoms with E-state index in [0.29, 0.717) is 12.1 Å². The van der Waals surface area contributed by atoms with Gasteiger partial charge < -0.3 is 9.15 Å². The van der Waals surface area contributed by atoms with Gasteiger partial charge in [0.2, 0.25) is 5.89 Å². The van der Waals surface area contributed by atoms with Gasteiger partial charge in [0.25, 0.3) is 0 Å². The molecular weight excluding hydrogens is 309 g/mol. The van der Waals surface area contributed by atoms with Crippen molar-refractivity contribution >= 4 is 24.5 Å². The highest BCUT2D eigenvalue weighted by atomic mass is 31.1. The maximum Gasteiger partial charge on any atom is 0.360 e. The first-order valence-corrected chi connectivity index (χ1v) is 8.98. The number of esters is 1. The number of nitrogens with zero attached hydrogens (tertiary/aromatic N) is 1. The van der Waals surface area contributed by atoms with Crippen LogP contribution >= 0.6 is 7.92 Å². The summed E-state index contributed by atoms with van der Waals surface area (Å²) in [5.41, 5.74) is 0.213. The van der Waals surface area contributed by atoms with Gasteiger partial charge in [-0.1, -0.05) is 36.4 Å². The Balaban J connectivity index is 1.91. The summed E-state index contributed by atoms with van der Waals surface area (Å²) in [7, 11) is 0.254. The molecule has 5 heteroatoms. The molecule has 0 bridgehead atoms. The van der Waals surface area contributed by atoms with Crippen LogP contribution in [0.15, 0.2) is 71.3 Å². The van der Waals surface area contributed by atoms with E-state index in [0.717, 1.165) is 0 Å². The van der Waals surface area contributed by atoms with Crippen LogP contribution in [0.2, 0.25) is 0 Å². The van der Waals surface area contributed by atoms with E-state index in [4.69, 9.17) is 4.42 Å². The minimum Gasteiger partial charge on any atom is -0.464 e. The molecule has 3 rings (SSSR count). The molecule has 0 aliphatic carbocycles. The van der Waals surface area contributed by atoms with Gasteiger partial charge in [0.1, 0.15) is 12.4 Å². The third-order valence-electron chi connectivity index (χ3n) is 3.52. The molecule has 0 aliphatic rings. The van der Waals surface area contributed by atoms with Crippen LogP contribution in [0.3, 0.4) is 0 Å². The van der Waals surface area contributed by atoms with Gasteiger partial charge in [0.15, 0.2) is 5.69 Å². The Labute approximate surface area is 135 Å². The number of carbonyl (C=O) groups excluding carboxylic acids is 1. The van der Waals surface area contributed by atoms with Crippen molar-refractivity contribution in [1.29, 1.82) is 0 Å². The smallest absolute Gasteiger partial charge is 0.360 e. The van der Waals surface area contributed by atoms with E-state index >= 15 is 0 Å². The average molecular weight is 326 g/mol. The van der Waals surface area contributed by atoms with Crippen LogP contribution in [0.4, 0.5) is 0 Å². The van der Waals surface area contributed by atoms with Crippen molar-refractivity contribution in [3.63, 3.8) is 0 Å². The van der Waals surface area contributed by atoms with E-state index in [1.165, 1.54) is 24.0 Å². The quantitative estimate of drug-likeness (QED) is 0.534. The molecule has 0 aliphatic heterocycles. The summed E-state index contributed by atoms with van der Waals surface area (Å²) in [6.45, 7) is 0. The van der Waals surface area contributed by atoms with Crippen molar-refractivity contribution in [2.45, 2.75) is 6.16 Å². The first kappa shape index (κ1) is 15.4. The molecule has 2 aromatic carbocycles. The lowest BCUT2D eigenvalue weighted by Crippen LogP contribution is -2.13. The molecule has 0 fully saturated rings. The number of rotatable bonds is 5. The van der Waals surface area contributed by atoms with E-state index < -0.39 is 13.9 Å². The van der Waals surface area contributed by atoms with Crippen molar-refractivity contribution in [1.82, 2.24) is 4.98 Å². The highest BCUT2D eigenvalue weighted by molar-refractivity contribution is 7.72. The van der Waals surface area contributed by atoms with Crippen LogP contribution in [0, 0.1) is 0 Å². The molecule has 0 N–H and O–H groups in total. The lowest BCUT2D eigenvalue weighted by atomic mass is 10.4. The van der Waals surface area contributed by atoms with Gasteiger partial charge in [0.05, 0.1) is 25.6 Å². The monoisotopic (exact) mass is 326 g/mol. The normalized spacial score (nSPS) is 10.7. The molecule has 23 heavy (non-hydrogen) atoms. The predicted molar refractivity (Wildman–Crippen MR) is 92.0 cm³/mol. The number of ether oxygens (including phenoxy) is 1. The molecule has 0 spiro atoms. The lowest BCUT2D eigenvalue weighted by molar-refractivity contribution is 0.0594. The average Bonchev–Trinajstić information content (AvgIpc) is 3.09. The number of hydrogen-bond donors (Lipinski definition) is 0. The van der Waals surface area contributed by atoms with Gasteiger partial charge in [0, 0.05) is 0 Å². The van der Waals surface area contributed by atoms with Crippen molar-refractivity contribution in [2.24, 2.45) is 0 Å². The van der Waals surface area contributed by atoms with E-state index in [-0.39, 0.29) is 5.69 Å². The molecule has 0 saturated heterocycles. The molecule has 1 heterocycles. The number of hydrogen-bond acceptors (Lipinski definition) is 4. The maximum absolute atomic E-state index is 11.5. The fourth-order valence-electron chi connectivity index (χ4n) is 2.39. The van der Waals surface area contributed by atoms with Gasteiger partial charge >= 0.3 is 5.97 Å². The van der Waals surface area contributed by atoms with Gasteiger partial charge in [-0.05, 0) is 24.3 Å². The third kappa shape index (κ3) is 3.66. The number of aromatic nitrogens is 1. The standard InChI is InChI=1S/C18H16NO3P/c1-21-18(20)16-12-22-17(19-16)13-23(14-8-4-2-5-9-14)15-10-6-3-7-11-15/h2-12H,13H2,1H3/p+1. The molecule has 1 aromatic heterocycles. The Hall–Kier alpha value is -2.45. The minimum atomic E-state index is -1.08. The van der Waals surface area contributed by atoms with Gasteiger partial charge in [-0.3, -0.25) is 0 Å². The van der Waals surface area contributed by atoms with Gasteiger partial charge in [-0.25, -0.2) is 9.78 Å². The summed E-state index contributed by atoms with van der Waals surface area (Å²) in [6.07, 6.45) is 2.03. The predicted octanol–water partition coefficient (Wildman–Crippen LogP) is 2.83. The SMILES string of the molecule is COC(=O)c1coc(C[PH+](c2ccccc2)c2ccccc2)n1. The lowest BCUT2D eigenvalue weighted by Gasteiger charge is -2.08. The molecule has 0 atom stereocenters. The Morgan fingerprint density at radius 1 is 1.04 bits per heavy atom. The summed E-state index contributed by atoms with van der Waals surface area (Å²) in [5, 5.41) is 2.56. The van der Waals surface area contributed by atoms with E-state index in [2.05, 4.69) is 34.0 Å². The van der Waals surface area contributed by atoms with Gasteiger partial charge in [-0.15, -0.1) is 0 Å². The van der Waals surface area contributed by atoms with Crippen LogP contribution < -0.4 is 10.6 Å². The van der Waals surface area contributed by atoms with Crippen LogP contribution in [-0.4, -0.2) is 18.1 Å². The Morgan fingerprint density at radius 2 is 1.61 bits per heavy atom. The number of oxazole rings is 1. The fourth-order valence-corrected chi connectivity index (χ4v) is 4.79. The molecule has 0 unspecified atom stereocenters. The molecule has 0 radical (unpaired) electrons. The number of methoxy groups -OCH3 is 1. The van der Waals surface area contributed by atoms with Crippen LogP contribution in [-0.2, 0) is 10.9 Å². The second-order valence-electron chi connectivity index (χ2n) is 5.01. The number of benzene rings is 2. The number of carbonyl (C=O) groups is 1. The fraction of sp³-hybridized carbons (Fsp3) is 0.111. The highest BCUT2D eigenvalue weighted by Crippen LogP contribution is 2.37. The van der Waals surface area contributed by atoms with Crippen LogP contribution in [0.25, 0.3) is 0 Å². The second-order valence-corrected chi connectivity index (χ2v) is 7.47. The molecule has 0 amide bonds. The molecular formula is C18H17NO3P+. The highest BCUT2D eigenvalue weighted by Gasteiger charge is 2.26. The zero-order chi connectivity index (χ0) is 16.1. The van der Waals surface area contributed by atoms with Crippen molar-refractivity contribution in [2.75, 3.05) is 7.11 Å². The third-order valence-corrected chi connectivity index (χ3v) is 6.24. The summed E-state index contributed by atoms with van der Waals surface area (Å²) < 4.78 is 10.1. The zero-order valence-corrected chi connectivity index (χ0v) is 13.7. The largest absolute Gasteiger partial charge is 0.464 e. The topological polar surface area (TPSA) is 52.3 Å². The second kappa shape index (κ2) is 7.21. The Bertz CT molecular complexity index is 732. The van der Waals surface area contributed by atoms with Crippen LogP contribution in [0.5, 0.6) is 0 Å². The van der Waals surface area contributed by atoms with E-state index in [1.54, 1.807) is 0 Å². The van der Waals surface area contributed by atoms with Gasteiger partial charge in [-0.2, -0.15) is 0 Å². The zero-order valence-electron chi connectivity index (χ0n) is 12.7. The Morgan fingerprint density at radius 3 is 2.13 bits per heavy atom. The first-order valence-electron chi connectivity index (χ1n) is 7.27.